The maximum absolute atomic E-state index is 3.64. The quantitative estimate of drug-likeness (QED) is 0.792. The van der Waals surface area contributed by atoms with E-state index in [4.69, 9.17) is 0 Å². The van der Waals surface area contributed by atoms with Crippen LogP contribution in [0.15, 0.2) is 0 Å². The summed E-state index contributed by atoms with van der Waals surface area (Å²) in [4.78, 5) is 2.79. The number of nitrogens with zero attached hydrogens (tertiary/aromatic N) is 1. The molecule has 2 fully saturated rings. The maximum atomic E-state index is 3.64. The van der Waals surface area contributed by atoms with Crippen LogP contribution in [-0.4, -0.2) is 37.1 Å². The largest absolute Gasteiger partial charge is 0.316 e. The molecule has 2 atom stereocenters. The first kappa shape index (κ1) is 13.4. The molecular formula is C15H30N2. The molecule has 2 unspecified atom stereocenters. The fourth-order valence-electron chi connectivity index (χ4n) is 3.25. The minimum absolute atomic E-state index is 0.784. The van der Waals surface area contributed by atoms with E-state index in [9.17, 15) is 0 Å². The maximum Gasteiger partial charge on any atom is 0.0136 e. The predicted octanol–water partition coefficient (Wildman–Crippen LogP) is 2.89. The molecule has 17 heavy (non-hydrogen) atoms. The third-order valence-corrected chi connectivity index (χ3v) is 4.45. The third-order valence-electron chi connectivity index (χ3n) is 4.45. The molecule has 1 aliphatic carbocycles. The Balaban J connectivity index is 1.69. The summed E-state index contributed by atoms with van der Waals surface area (Å²) in [6.45, 7) is 9.75. The molecule has 1 heterocycles. The van der Waals surface area contributed by atoms with E-state index in [0.717, 1.165) is 17.9 Å². The van der Waals surface area contributed by atoms with E-state index in [2.05, 4.69) is 24.1 Å². The van der Waals surface area contributed by atoms with Gasteiger partial charge in [-0.15, -0.1) is 0 Å². The lowest BCUT2D eigenvalue weighted by molar-refractivity contribution is 0.0643. The summed E-state index contributed by atoms with van der Waals surface area (Å²) in [7, 11) is 0. The normalized spacial score (nSPS) is 31.2. The van der Waals surface area contributed by atoms with Crippen LogP contribution in [0.3, 0.4) is 0 Å². The molecule has 1 saturated carbocycles. The Hall–Kier alpha value is -0.0800. The highest BCUT2D eigenvalue weighted by atomic mass is 15.2. The smallest absolute Gasteiger partial charge is 0.0136 e. The first-order valence-electron chi connectivity index (χ1n) is 7.72. The number of likely N-dealkylation sites (tertiary alicyclic amines) is 1. The first-order chi connectivity index (χ1) is 8.27. The summed E-state index contributed by atoms with van der Waals surface area (Å²) in [5.74, 6) is 1.72. The molecule has 1 saturated heterocycles. The standard InChI is InChI=1S/C15H30N2/c1-13(2)11-16-12-14-7-8-15(14)17-9-5-3-4-6-10-17/h13-16H,3-12H2,1-2H3. The molecule has 0 radical (unpaired) electrons. The van der Waals surface area contributed by atoms with Crippen LogP contribution in [0.25, 0.3) is 0 Å². The van der Waals surface area contributed by atoms with Crippen molar-refractivity contribution in [1.82, 2.24) is 10.2 Å². The van der Waals surface area contributed by atoms with Crippen LogP contribution in [0.4, 0.5) is 0 Å². The lowest BCUT2D eigenvalue weighted by Gasteiger charge is -2.44. The van der Waals surface area contributed by atoms with Gasteiger partial charge in [0.05, 0.1) is 0 Å². The van der Waals surface area contributed by atoms with Crippen molar-refractivity contribution in [3.05, 3.63) is 0 Å². The number of hydrogen-bond acceptors (Lipinski definition) is 2. The van der Waals surface area contributed by atoms with Crippen LogP contribution < -0.4 is 5.32 Å². The van der Waals surface area contributed by atoms with Crippen LogP contribution in [0, 0.1) is 11.8 Å². The van der Waals surface area contributed by atoms with Gasteiger partial charge in [-0.25, -0.2) is 0 Å². The molecule has 2 nitrogen and oxygen atoms in total. The molecule has 1 aliphatic heterocycles. The Kier molecular flexibility index (Phi) is 5.30. The summed E-state index contributed by atoms with van der Waals surface area (Å²) in [6, 6.07) is 0.910. The van der Waals surface area contributed by atoms with Gasteiger partial charge >= 0.3 is 0 Å². The number of nitrogens with one attached hydrogen (secondary N) is 1. The zero-order valence-corrected chi connectivity index (χ0v) is 11.8. The van der Waals surface area contributed by atoms with Gasteiger partial charge in [0.25, 0.3) is 0 Å². The Morgan fingerprint density at radius 3 is 2.29 bits per heavy atom. The second kappa shape index (κ2) is 6.75. The van der Waals surface area contributed by atoms with Gasteiger partial charge in [-0.2, -0.15) is 0 Å². The van der Waals surface area contributed by atoms with E-state index in [1.165, 1.54) is 64.7 Å². The van der Waals surface area contributed by atoms with Gasteiger partial charge in [0.1, 0.15) is 0 Å². The van der Waals surface area contributed by atoms with Crippen molar-refractivity contribution < 1.29 is 0 Å². The van der Waals surface area contributed by atoms with Gasteiger partial charge < -0.3 is 10.2 Å². The Bertz CT molecular complexity index is 207. The van der Waals surface area contributed by atoms with Crippen LogP contribution in [0.1, 0.15) is 52.4 Å². The van der Waals surface area contributed by atoms with Gasteiger partial charge in [0.15, 0.2) is 0 Å². The van der Waals surface area contributed by atoms with E-state index in [-0.39, 0.29) is 0 Å². The Morgan fingerprint density at radius 1 is 1.06 bits per heavy atom. The molecule has 0 bridgehead atoms. The second-order valence-electron chi connectivity index (χ2n) is 6.41. The van der Waals surface area contributed by atoms with Crippen LogP contribution in [-0.2, 0) is 0 Å². The van der Waals surface area contributed by atoms with Crippen molar-refractivity contribution in [3.63, 3.8) is 0 Å². The average molecular weight is 238 g/mol. The monoisotopic (exact) mass is 238 g/mol. The minimum Gasteiger partial charge on any atom is -0.316 e. The van der Waals surface area contributed by atoms with Gasteiger partial charge in [-0.05, 0) is 63.7 Å². The lowest BCUT2D eigenvalue weighted by atomic mass is 9.78. The molecule has 0 aromatic heterocycles. The molecule has 0 aromatic rings. The molecule has 2 rings (SSSR count). The van der Waals surface area contributed by atoms with E-state index in [0.29, 0.717) is 0 Å². The topological polar surface area (TPSA) is 15.3 Å². The molecule has 100 valence electrons. The molecular weight excluding hydrogens is 208 g/mol. The highest BCUT2D eigenvalue weighted by Gasteiger charge is 2.34. The molecule has 1 N–H and O–H groups in total. The van der Waals surface area contributed by atoms with Crippen molar-refractivity contribution >= 4 is 0 Å². The van der Waals surface area contributed by atoms with Crippen LogP contribution in [0.2, 0.25) is 0 Å². The number of rotatable bonds is 5. The number of hydrogen-bond donors (Lipinski definition) is 1. The highest BCUT2D eigenvalue weighted by molar-refractivity contribution is 4.90. The second-order valence-corrected chi connectivity index (χ2v) is 6.41. The van der Waals surface area contributed by atoms with Crippen molar-refractivity contribution in [2.24, 2.45) is 11.8 Å². The summed E-state index contributed by atoms with van der Waals surface area (Å²) < 4.78 is 0. The van der Waals surface area contributed by atoms with Crippen molar-refractivity contribution in [2.45, 2.75) is 58.4 Å². The first-order valence-corrected chi connectivity index (χ1v) is 7.72. The molecule has 0 aromatic carbocycles. The fraction of sp³-hybridized carbons (Fsp3) is 1.00. The third kappa shape index (κ3) is 3.96. The Morgan fingerprint density at radius 2 is 1.76 bits per heavy atom. The van der Waals surface area contributed by atoms with Gasteiger partial charge in [-0.3, -0.25) is 0 Å². The van der Waals surface area contributed by atoms with Gasteiger partial charge in [-0.1, -0.05) is 26.7 Å². The SMILES string of the molecule is CC(C)CNCC1CCC1N1CCCCCC1. The lowest BCUT2D eigenvalue weighted by Crippen LogP contribution is -2.51. The minimum atomic E-state index is 0.784. The average Bonchev–Trinajstić information content (AvgIpc) is 2.51. The van der Waals surface area contributed by atoms with Crippen molar-refractivity contribution in [1.29, 1.82) is 0 Å². The van der Waals surface area contributed by atoms with Crippen LogP contribution >= 0.6 is 0 Å². The highest BCUT2D eigenvalue weighted by Crippen LogP contribution is 2.33. The van der Waals surface area contributed by atoms with Crippen molar-refractivity contribution in [3.8, 4) is 0 Å². The van der Waals surface area contributed by atoms with E-state index >= 15 is 0 Å². The molecule has 2 aliphatic rings. The summed E-state index contributed by atoms with van der Waals surface area (Å²) in [5.41, 5.74) is 0. The van der Waals surface area contributed by atoms with Crippen molar-refractivity contribution in [2.75, 3.05) is 26.2 Å². The van der Waals surface area contributed by atoms with Gasteiger partial charge in [0.2, 0.25) is 0 Å². The van der Waals surface area contributed by atoms with Crippen LogP contribution in [0.5, 0.6) is 0 Å². The molecule has 0 amide bonds. The van der Waals surface area contributed by atoms with E-state index in [1.807, 2.05) is 0 Å². The van der Waals surface area contributed by atoms with E-state index in [1.54, 1.807) is 0 Å². The summed E-state index contributed by atoms with van der Waals surface area (Å²) in [5, 5.41) is 3.64. The zero-order valence-electron chi connectivity index (χ0n) is 11.8. The molecule has 2 heteroatoms. The summed E-state index contributed by atoms with van der Waals surface area (Å²) >= 11 is 0. The van der Waals surface area contributed by atoms with Gasteiger partial charge in [0, 0.05) is 6.04 Å². The zero-order chi connectivity index (χ0) is 12.1. The van der Waals surface area contributed by atoms with E-state index < -0.39 is 0 Å². The summed E-state index contributed by atoms with van der Waals surface area (Å²) in [6.07, 6.45) is 8.69. The molecule has 0 spiro atoms. The predicted molar refractivity (Wildman–Crippen MR) is 74.3 cm³/mol. The Labute approximate surface area is 107 Å². The fourth-order valence-corrected chi connectivity index (χ4v) is 3.25.